The van der Waals surface area contributed by atoms with Crippen LogP contribution in [0.1, 0.15) is 29.7 Å². The van der Waals surface area contributed by atoms with Crippen LogP contribution in [0, 0.1) is 24.1 Å². The Bertz CT molecular complexity index is 798. The summed E-state index contributed by atoms with van der Waals surface area (Å²) in [6.45, 7) is 3.68. The van der Waals surface area contributed by atoms with Crippen LogP contribution in [0.4, 0.5) is 10.1 Å². The maximum absolute atomic E-state index is 14.2. The molecule has 25 heavy (non-hydrogen) atoms. The second-order valence-corrected chi connectivity index (χ2v) is 7.99. The van der Waals surface area contributed by atoms with Gasteiger partial charge in [-0.05, 0) is 49.6 Å². The van der Waals surface area contributed by atoms with E-state index in [2.05, 4.69) is 37.9 Å². The number of nitriles is 1. The molecule has 2 aromatic rings. The number of piperidine rings is 1. The van der Waals surface area contributed by atoms with Gasteiger partial charge in [0, 0.05) is 29.4 Å². The molecule has 3 nitrogen and oxygen atoms in total. The molecule has 1 fully saturated rings. The van der Waals surface area contributed by atoms with E-state index in [0.717, 1.165) is 42.0 Å². The first-order chi connectivity index (χ1) is 12.1. The van der Waals surface area contributed by atoms with E-state index in [-0.39, 0.29) is 5.82 Å². The highest BCUT2D eigenvalue weighted by molar-refractivity contribution is 9.08. The topological polar surface area (TPSA) is 39.9 Å². The number of halogens is 2. The van der Waals surface area contributed by atoms with Gasteiger partial charge in [0.2, 0.25) is 0 Å². The molecule has 0 atom stereocenters. The van der Waals surface area contributed by atoms with E-state index >= 15 is 0 Å². The molecule has 130 valence electrons. The van der Waals surface area contributed by atoms with Crippen LogP contribution in [0.2, 0.25) is 0 Å². The van der Waals surface area contributed by atoms with E-state index < -0.39 is 0 Å². The molecule has 0 unspecified atom stereocenters. The van der Waals surface area contributed by atoms with Gasteiger partial charge in [-0.2, -0.15) is 5.26 Å². The Kier molecular flexibility index (Phi) is 5.98. The molecule has 0 saturated carbocycles. The number of nitrogens with zero attached hydrogens (tertiary/aromatic N) is 3. The van der Waals surface area contributed by atoms with Crippen LogP contribution in [0.3, 0.4) is 0 Å². The Morgan fingerprint density at radius 2 is 2.08 bits per heavy atom. The van der Waals surface area contributed by atoms with Gasteiger partial charge in [-0.3, -0.25) is 0 Å². The van der Waals surface area contributed by atoms with E-state index in [1.807, 2.05) is 24.8 Å². The zero-order chi connectivity index (χ0) is 17.8. The van der Waals surface area contributed by atoms with Crippen molar-refractivity contribution in [1.82, 2.24) is 4.98 Å². The summed E-state index contributed by atoms with van der Waals surface area (Å²) in [5.74, 6) is -0.312. The number of aromatic nitrogens is 1. The first-order valence-electron chi connectivity index (χ1n) is 8.24. The van der Waals surface area contributed by atoms with Gasteiger partial charge >= 0.3 is 0 Å². The fourth-order valence-corrected chi connectivity index (χ4v) is 4.71. The predicted octanol–water partition coefficient (Wildman–Crippen LogP) is 5.06. The molecule has 0 amide bonds. The van der Waals surface area contributed by atoms with Crippen LogP contribution in [-0.2, 0) is 5.33 Å². The number of hydrogen-bond donors (Lipinski definition) is 0. The summed E-state index contributed by atoms with van der Waals surface area (Å²) >= 11 is 5.29. The van der Waals surface area contributed by atoms with Crippen molar-refractivity contribution < 1.29 is 4.39 Å². The number of thioether (sulfide) groups is 1. The lowest BCUT2D eigenvalue weighted by molar-refractivity contribution is 0.565. The van der Waals surface area contributed by atoms with Gasteiger partial charge in [0.1, 0.15) is 5.82 Å². The largest absolute Gasteiger partial charge is 0.369 e. The fraction of sp³-hybridized carbons (Fsp3) is 0.368. The summed E-state index contributed by atoms with van der Waals surface area (Å²) in [6.07, 6.45) is 1.98. The van der Waals surface area contributed by atoms with E-state index in [9.17, 15) is 4.39 Å². The Balaban J connectivity index is 1.60. The molecule has 0 radical (unpaired) electrons. The third kappa shape index (κ3) is 4.34. The van der Waals surface area contributed by atoms with Gasteiger partial charge in [-0.25, -0.2) is 9.37 Å². The molecular formula is C19H19BrFN3S. The molecule has 1 saturated heterocycles. The van der Waals surface area contributed by atoms with E-state index in [1.165, 1.54) is 11.6 Å². The molecular weight excluding hydrogens is 401 g/mol. The minimum Gasteiger partial charge on any atom is -0.369 e. The first-order valence-corrected chi connectivity index (χ1v) is 10.2. The molecule has 1 aliphatic rings. The lowest BCUT2D eigenvalue weighted by atomic mass is 10.1. The number of alkyl halides is 1. The summed E-state index contributed by atoms with van der Waals surface area (Å²) in [4.78, 5) is 6.75. The number of anilines is 1. The number of hydrogen-bond acceptors (Lipinski definition) is 4. The van der Waals surface area contributed by atoms with Crippen molar-refractivity contribution in [3.8, 4) is 6.07 Å². The lowest BCUT2D eigenvalue weighted by Crippen LogP contribution is -2.35. The molecule has 2 heterocycles. The Morgan fingerprint density at radius 1 is 1.32 bits per heavy atom. The van der Waals surface area contributed by atoms with Crippen molar-refractivity contribution in [3.63, 3.8) is 0 Å². The maximum atomic E-state index is 14.2. The van der Waals surface area contributed by atoms with Gasteiger partial charge in [-0.15, -0.1) is 11.8 Å². The van der Waals surface area contributed by atoms with Gasteiger partial charge < -0.3 is 4.90 Å². The number of pyridine rings is 1. The summed E-state index contributed by atoms with van der Waals surface area (Å²) < 4.78 is 14.2. The summed E-state index contributed by atoms with van der Waals surface area (Å²) in [5.41, 5.74) is 3.24. The quantitative estimate of drug-likeness (QED) is 0.649. The van der Waals surface area contributed by atoms with Crippen molar-refractivity contribution >= 4 is 33.4 Å². The average Bonchev–Trinajstić information content (AvgIpc) is 2.62. The van der Waals surface area contributed by atoms with Crippen molar-refractivity contribution in [2.24, 2.45) is 0 Å². The Morgan fingerprint density at radius 3 is 2.68 bits per heavy atom. The molecule has 1 aliphatic heterocycles. The first kappa shape index (κ1) is 18.2. The van der Waals surface area contributed by atoms with E-state index in [4.69, 9.17) is 5.26 Å². The van der Waals surface area contributed by atoms with Crippen LogP contribution in [0.25, 0.3) is 0 Å². The van der Waals surface area contributed by atoms with Crippen molar-refractivity contribution in [1.29, 1.82) is 5.26 Å². The summed E-state index contributed by atoms with van der Waals surface area (Å²) in [7, 11) is 0. The van der Waals surface area contributed by atoms with E-state index in [0.29, 0.717) is 16.5 Å². The molecule has 3 rings (SSSR count). The molecule has 1 aromatic heterocycles. The van der Waals surface area contributed by atoms with Crippen molar-refractivity contribution in [3.05, 3.63) is 53.0 Å². The van der Waals surface area contributed by atoms with Gasteiger partial charge in [-0.1, -0.05) is 22.0 Å². The van der Waals surface area contributed by atoms with Gasteiger partial charge in [0.25, 0.3) is 0 Å². The molecule has 1 aromatic carbocycles. The maximum Gasteiger partial charge on any atom is 0.147 e. The Labute approximate surface area is 160 Å². The molecule has 0 bridgehead atoms. The average molecular weight is 420 g/mol. The molecule has 6 heteroatoms. The molecule has 0 spiro atoms. The van der Waals surface area contributed by atoms with Crippen LogP contribution >= 0.6 is 27.7 Å². The number of aryl methyl sites for hydroxylation is 1. The monoisotopic (exact) mass is 419 g/mol. The van der Waals surface area contributed by atoms with Gasteiger partial charge in [0.05, 0.1) is 22.3 Å². The molecule has 0 aliphatic carbocycles. The third-order valence-electron chi connectivity index (χ3n) is 4.46. The zero-order valence-corrected chi connectivity index (χ0v) is 16.4. The van der Waals surface area contributed by atoms with Crippen molar-refractivity contribution in [2.45, 2.75) is 35.4 Å². The highest BCUT2D eigenvalue weighted by atomic mass is 79.9. The normalized spacial score (nSPS) is 15.2. The predicted molar refractivity (Wildman–Crippen MR) is 104 cm³/mol. The van der Waals surface area contributed by atoms with Crippen LogP contribution in [0.5, 0.6) is 0 Å². The van der Waals surface area contributed by atoms with E-state index in [1.54, 1.807) is 12.1 Å². The van der Waals surface area contributed by atoms with Crippen molar-refractivity contribution in [2.75, 3.05) is 18.0 Å². The zero-order valence-electron chi connectivity index (χ0n) is 14.0. The number of rotatable bonds is 4. The van der Waals surface area contributed by atoms with Crippen LogP contribution < -0.4 is 4.90 Å². The molecule has 0 N–H and O–H groups in total. The minimum absolute atomic E-state index is 0.312. The highest BCUT2D eigenvalue weighted by Crippen LogP contribution is 2.32. The van der Waals surface area contributed by atoms with Crippen LogP contribution in [0.15, 0.2) is 35.4 Å². The highest BCUT2D eigenvalue weighted by Gasteiger charge is 2.22. The summed E-state index contributed by atoms with van der Waals surface area (Å²) in [6, 6.07) is 10.9. The van der Waals surface area contributed by atoms with Gasteiger partial charge in [0.15, 0.2) is 0 Å². The number of benzene rings is 1. The smallest absolute Gasteiger partial charge is 0.147 e. The minimum atomic E-state index is -0.312. The third-order valence-corrected chi connectivity index (χ3v) is 6.34. The standard InChI is InChI=1S/C19H19BrFN3S/c1-13-15(11-20)3-5-19(23-13)25-16-6-8-24(9-7-16)18-4-2-14(12-22)10-17(18)21/h2-5,10,16H,6-9,11H2,1H3. The fourth-order valence-electron chi connectivity index (χ4n) is 2.99. The second kappa shape index (κ2) is 8.20. The summed E-state index contributed by atoms with van der Waals surface area (Å²) in [5, 5.41) is 11.2. The van der Waals surface area contributed by atoms with Crippen LogP contribution in [-0.4, -0.2) is 23.3 Å². The Hall–Kier alpha value is -1.58. The SMILES string of the molecule is Cc1nc(SC2CCN(c3ccc(C#N)cc3F)CC2)ccc1CBr. The lowest BCUT2D eigenvalue weighted by Gasteiger charge is -2.33. The second-order valence-electron chi connectivity index (χ2n) is 6.11.